The van der Waals surface area contributed by atoms with Crippen molar-refractivity contribution < 1.29 is 4.92 Å². The average Bonchev–Trinajstić information content (AvgIpc) is 2.67. The van der Waals surface area contributed by atoms with Gasteiger partial charge in [-0.25, -0.2) is 0 Å². The maximum Gasteiger partial charge on any atom is 0.269 e. The summed E-state index contributed by atoms with van der Waals surface area (Å²) in [5, 5.41) is 14.0. The summed E-state index contributed by atoms with van der Waals surface area (Å²) < 4.78 is 0. The van der Waals surface area contributed by atoms with E-state index >= 15 is 0 Å². The van der Waals surface area contributed by atoms with Crippen molar-refractivity contribution in [3.05, 3.63) is 33.9 Å². The van der Waals surface area contributed by atoms with Crippen molar-refractivity contribution >= 4 is 11.4 Å². The Hall–Kier alpha value is -1.62. The van der Waals surface area contributed by atoms with Gasteiger partial charge in [0, 0.05) is 44.0 Å². The van der Waals surface area contributed by atoms with Gasteiger partial charge < -0.3 is 5.32 Å². The molecule has 0 spiro atoms. The van der Waals surface area contributed by atoms with Gasteiger partial charge in [0.25, 0.3) is 5.69 Å². The number of hydrogen-bond acceptors (Lipinski definition) is 4. The molecule has 2 atom stereocenters. The normalized spacial score (nSPS) is 23.5. The molecule has 1 aliphatic rings. The van der Waals surface area contributed by atoms with Gasteiger partial charge >= 0.3 is 0 Å². The molecule has 104 valence electrons. The lowest BCUT2D eigenvalue weighted by atomic mass is 10.1. The molecule has 0 aliphatic carbocycles. The van der Waals surface area contributed by atoms with Crippen LogP contribution in [0.1, 0.15) is 25.8 Å². The van der Waals surface area contributed by atoms with Gasteiger partial charge in [-0.1, -0.05) is 6.92 Å². The lowest BCUT2D eigenvalue weighted by molar-refractivity contribution is -0.384. The smallest absolute Gasteiger partial charge is 0.269 e. The number of hydrogen-bond donors (Lipinski definition) is 1. The van der Waals surface area contributed by atoms with Crippen LogP contribution in [0, 0.1) is 16.0 Å². The summed E-state index contributed by atoms with van der Waals surface area (Å²) in [5.41, 5.74) is 2.13. The van der Waals surface area contributed by atoms with E-state index in [1.807, 2.05) is 7.05 Å². The molecular formula is C14H21N3O2. The van der Waals surface area contributed by atoms with E-state index in [0.717, 1.165) is 24.3 Å². The maximum atomic E-state index is 10.9. The van der Waals surface area contributed by atoms with Crippen LogP contribution >= 0.6 is 0 Å². The molecule has 5 heteroatoms. The van der Waals surface area contributed by atoms with Crippen molar-refractivity contribution in [1.82, 2.24) is 4.90 Å². The molecular weight excluding hydrogens is 242 g/mol. The largest absolute Gasteiger partial charge is 0.388 e. The molecule has 2 rings (SSSR count). The van der Waals surface area contributed by atoms with Gasteiger partial charge in [-0.05, 0) is 30.9 Å². The summed E-state index contributed by atoms with van der Waals surface area (Å²) >= 11 is 0. The molecule has 5 nitrogen and oxygen atoms in total. The standard InChI is InChI=1S/C14H21N3O2/c1-10-6-11(2)16(8-10)9-12-7-13(17(18)19)4-5-14(12)15-3/h4-5,7,10-11,15H,6,8-9H2,1-3H3. The maximum absolute atomic E-state index is 10.9. The zero-order valence-electron chi connectivity index (χ0n) is 11.7. The number of likely N-dealkylation sites (tertiary alicyclic amines) is 1. The van der Waals surface area contributed by atoms with Crippen LogP contribution in [0.5, 0.6) is 0 Å². The van der Waals surface area contributed by atoms with Crippen molar-refractivity contribution in [2.45, 2.75) is 32.9 Å². The van der Waals surface area contributed by atoms with Gasteiger partial charge in [0.2, 0.25) is 0 Å². The molecule has 1 aliphatic heterocycles. The summed E-state index contributed by atoms with van der Waals surface area (Å²) in [7, 11) is 1.85. The summed E-state index contributed by atoms with van der Waals surface area (Å²) in [6, 6.07) is 5.56. The summed E-state index contributed by atoms with van der Waals surface area (Å²) in [6.45, 7) is 6.30. The van der Waals surface area contributed by atoms with Gasteiger partial charge in [-0.15, -0.1) is 0 Å². The van der Waals surface area contributed by atoms with E-state index in [1.54, 1.807) is 18.2 Å². The number of rotatable bonds is 4. The fourth-order valence-corrected chi connectivity index (χ4v) is 2.89. The van der Waals surface area contributed by atoms with E-state index in [0.29, 0.717) is 12.0 Å². The fraction of sp³-hybridized carbons (Fsp3) is 0.571. The molecule has 1 heterocycles. The van der Waals surface area contributed by atoms with Crippen LogP contribution in [-0.4, -0.2) is 29.5 Å². The highest BCUT2D eigenvalue weighted by Gasteiger charge is 2.26. The molecule has 0 bridgehead atoms. The SMILES string of the molecule is CNc1ccc([N+](=O)[O-])cc1CN1CC(C)CC1C. The first-order valence-electron chi connectivity index (χ1n) is 6.70. The number of nitrogens with one attached hydrogen (secondary N) is 1. The number of non-ortho nitro benzene ring substituents is 1. The van der Waals surface area contributed by atoms with E-state index in [4.69, 9.17) is 0 Å². The molecule has 1 fully saturated rings. The van der Waals surface area contributed by atoms with Gasteiger partial charge in [-0.3, -0.25) is 15.0 Å². The topological polar surface area (TPSA) is 58.4 Å². The molecule has 0 radical (unpaired) electrons. The zero-order chi connectivity index (χ0) is 14.0. The Morgan fingerprint density at radius 1 is 1.47 bits per heavy atom. The second-order valence-corrected chi connectivity index (χ2v) is 5.47. The third kappa shape index (κ3) is 3.04. The van der Waals surface area contributed by atoms with Crippen molar-refractivity contribution in [1.29, 1.82) is 0 Å². The second kappa shape index (κ2) is 5.57. The molecule has 1 N–H and O–H groups in total. The van der Waals surface area contributed by atoms with E-state index < -0.39 is 0 Å². The molecule has 19 heavy (non-hydrogen) atoms. The first-order valence-corrected chi connectivity index (χ1v) is 6.70. The monoisotopic (exact) mass is 263 g/mol. The number of benzene rings is 1. The van der Waals surface area contributed by atoms with Crippen LogP contribution in [0.3, 0.4) is 0 Å². The first kappa shape index (κ1) is 13.8. The highest BCUT2D eigenvalue weighted by molar-refractivity contribution is 5.55. The zero-order valence-corrected chi connectivity index (χ0v) is 11.7. The number of nitro groups is 1. The minimum atomic E-state index is -0.334. The Labute approximate surface area is 113 Å². The van der Waals surface area contributed by atoms with E-state index in [-0.39, 0.29) is 10.6 Å². The minimum absolute atomic E-state index is 0.161. The van der Waals surface area contributed by atoms with E-state index in [1.165, 1.54) is 6.42 Å². The molecule has 1 aromatic carbocycles. The van der Waals surface area contributed by atoms with Crippen LogP contribution < -0.4 is 5.32 Å². The highest BCUT2D eigenvalue weighted by Crippen LogP contribution is 2.28. The number of nitrogens with zero attached hydrogens (tertiary/aromatic N) is 2. The van der Waals surface area contributed by atoms with Crippen molar-refractivity contribution in [3.63, 3.8) is 0 Å². The summed E-state index contributed by atoms with van der Waals surface area (Å²) in [4.78, 5) is 12.9. The highest BCUT2D eigenvalue weighted by atomic mass is 16.6. The Morgan fingerprint density at radius 2 is 2.21 bits per heavy atom. The minimum Gasteiger partial charge on any atom is -0.388 e. The Morgan fingerprint density at radius 3 is 2.74 bits per heavy atom. The molecule has 0 aromatic heterocycles. The predicted octanol–water partition coefficient (Wildman–Crippen LogP) is 2.87. The third-order valence-corrected chi connectivity index (χ3v) is 3.86. The van der Waals surface area contributed by atoms with Crippen molar-refractivity contribution in [2.24, 2.45) is 5.92 Å². The van der Waals surface area contributed by atoms with E-state index in [9.17, 15) is 10.1 Å². The van der Waals surface area contributed by atoms with Crippen LogP contribution in [0.2, 0.25) is 0 Å². The lowest BCUT2D eigenvalue weighted by Gasteiger charge is -2.22. The van der Waals surface area contributed by atoms with Crippen LogP contribution in [0.15, 0.2) is 18.2 Å². The van der Waals surface area contributed by atoms with Crippen LogP contribution in [-0.2, 0) is 6.54 Å². The van der Waals surface area contributed by atoms with Gasteiger partial charge in [0.05, 0.1) is 4.92 Å². The molecule has 1 saturated heterocycles. The Balaban J connectivity index is 2.22. The second-order valence-electron chi connectivity index (χ2n) is 5.47. The summed E-state index contributed by atoms with van der Waals surface area (Å²) in [6.07, 6.45) is 1.20. The predicted molar refractivity (Wildman–Crippen MR) is 76.3 cm³/mol. The number of nitro benzene ring substituents is 1. The fourth-order valence-electron chi connectivity index (χ4n) is 2.89. The Bertz CT molecular complexity index is 476. The quantitative estimate of drug-likeness (QED) is 0.670. The lowest BCUT2D eigenvalue weighted by Crippen LogP contribution is -2.27. The summed E-state index contributed by atoms with van der Waals surface area (Å²) in [5.74, 6) is 0.701. The molecule has 2 unspecified atom stereocenters. The van der Waals surface area contributed by atoms with Crippen molar-refractivity contribution in [3.8, 4) is 0 Å². The van der Waals surface area contributed by atoms with Crippen LogP contribution in [0.4, 0.5) is 11.4 Å². The van der Waals surface area contributed by atoms with Gasteiger partial charge in [-0.2, -0.15) is 0 Å². The van der Waals surface area contributed by atoms with Gasteiger partial charge in [0.15, 0.2) is 0 Å². The molecule has 1 aromatic rings. The number of anilines is 1. The molecule has 0 amide bonds. The Kier molecular flexibility index (Phi) is 4.04. The van der Waals surface area contributed by atoms with E-state index in [2.05, 4.69) is 24.1 Å². The van der Waals surface area contributed by atoms with Crippen molar-refractivity contribution in [2.75, 3.05) is 18.9 Å². The first-order chi connectivity index (χ1) is 9.01. The molecule has 0 saturated carbocycles. The van der Waals surface area contributed by atoms with Gasteiger partial charge in [0.1, 0.15) is 0 Å². The van der Waals surface area contributed by atoms with Crippen LogP contribution in [0.25, 0.3) is 0 Å². The average molecular weight is 263 g/mol. The third-order valence-electron chi connectivity index (χ3n) is 3.86.